The first-order valence-corrected chi connectivity index (χ1v) is 9.43. The highest BCUT2D eigenvalue weighted by Crippen LogP contribution is 2.04. The number of hydrogen-bond acceptors (Lipinski definition) is 3. The minimum absolute atomic E-state index is 0. The lowest BCUT2D eigenvalue weighted by atomic mass is 10.1. The van der Waals surface area contributed by atoms with Gasteiger partial charge in [-0.3, -0.25) is 4.99 Å². The SMILES string of the molecule is CCCCCC(C)NC(=NC)NCC(C)CN1CCN(C)CC1.I. The van der Waals surface area contributed by atoms with Crippen molar-refractivity contribution in [1.29, 1.82) is 0 Å². The second-order valence-corrected chi connectivity index (χ2v) is 7.20. The van der Waals surface area contributed by atoms with Gasteiger partial charge in [-0.2, -0.15) is 0 Å². The third-order valence-corrected chi connectivity index (χ3v) is 4.63. The van der Waals surface area contributed by atoms with Crippen LogP contribution in [-0.2, 0) is 0 Å². The number of guanidine groups is 1. The summed E-state index contributed by atoms with van der Waals surface area (Å²) in [5.74, 6) is 1.58. The Morgan fingerprint density at radius 3 is 2.38 bits per heavy atom. The summed E-state index contributed by atoms with van der Waals surface area (Å²) < 4.78 is 0. The zero-order valence-corrected chi connectivity index (χ0v) is 18.8. The number of hydrogen-bond donors (Lipinski definition) is 2. The van der Waals surface area contributed by atoms with Gasteiger partial charge in [0.2, 0.25) is 0 Å². The lowest BCUT2D eigenvalue weighted by Gasteiger charge is -2.34. The third-order valence-electron chi connectivity index (χ3n) is 4.63. The zero-order valence-electron chi connectivity index (χ0n) is 16.5. The molecule has 2 unspecified atom stereocenters. The molecule has 1 heterocycles. The molecule has 0 saturated carbocycles. The summed E-state index contributed by atoms with van der Waals surface area (Å²) in [4.78, 5) is 9.35. The maximum atomic E-state index is 4.36. The van der Waals surface area contributed by atoms with Gasteiger partial charge in [0.1, 0.15) is 0 Å². The number of likely N-dealkylation sites (N-methyl/N-ethyl adjacent to an activating group) is 1. The minimum Gasteiger partial charge on any atom is -0.356 e. The van der Waals surface area contributed by atoms with Crippen molar-refractivity contribution in [3.63, 3.8) is 0 Å². The molecule has 0 radical (unpaired) electrons. The average molecular weight is 453 g/mol. The van der Waals surface area contributed by atoms with E-state index in [0.717, 1.165) is 12.5 Å². The summed E-state index contributed by atoms with van der Waals surface area (Å²) in [6.45, 7) is 13.7. The van der Waals surface area contributed by atoms with Crippen molar-refractivity contribution >= 4 is 29.9 Å². The normalized spacial score (nSPS) is 19.5. The van der Waals surface area contributed by atoms with Crippen LogP contribution in [0, 0.1) is 5.92 Å². The predicted octanol–water partition coefficient (Wildman–Crippen LogP) is 2.62. The van der Waals surface area contributed by atoms with Crippen LogP contribution in [0.3, 0.4) is 0 Å². The van der Waals surface area contributed by atoms with Gasteiger partial charge in [0.15, 0.2) is 5.96 Å². The van der Waals surface area contributed by atoms with Crippen LogP contribution in [0.2, 0.25) is 0 Å². The standard InChI is InChI=1S/C18H39N5.HI/c1-6-7-8-9-17(3)21-18(19-4)20-14-16(2)15-23-12-10-22(5)11-13-23;/h16-17H,6-15H2,1-5H3,(H2,19,20,21);1H. The van der Waals surface area contributed by atoms with Gasteiger partial charge < -0.3 is 20.4 Å². The van der Waals surface area contributed by atoms with Crippen LogP contribution in [0.4, 0.5) is 0 Å². The predicted molar refractivity (Wildman–Crippen MR) is 117 cm³/mol. The number of rotatable bonds is 9. The summed E-state index contributed by atoms with van der Waals surface area (Å²) in [5, 5.41) is 7.00. The van der Waals surface area contributed by atoms with Crippen molar-refractivity contribution < 1.29 is 0 Å². The Hall–Kier alpha value is -0.0800. The van der Waals surface area contributed by atoms with Crippen LogP contribution in [0.15, 0.2) is 4.99 Å². The molecule has 5 nitrogen and oxygen atoms in total. The van der Waals surface area contributed by atoms with E-state index in [1.54, 1.807) is 0 Å². The lowest BCUT2D eigenvalue weighted by Crippen LogP contribution is -2.48. The van der Waals surface area contributed by atoms with Crippen molar-refractivity contribution in [3.05, 3.63) is 0 Å². The highest BCUT2D eigenvalue weighted by atomic mass is 127. The fourth-order valence-electron chi connectivity index (χ4n) is 3.01. The number of unbranched alkanes of at least 4 members (excludes halogenated alkanes) is 2. The first kappa shape index (κ1) is 23.9. The minimum atomic E-state index is 0. The molecule has 0 bridgehead atoms. The maximum Gasteiger partial charge on any atom is 0.191 e. The number of aliphatic imine (C=N–C) groups is 1. The smallest absolute Gasteiger partial charge is 0.191 e. The Morgan fingerprint density at radius 1 is 1.12 bits per heavy atom. The van der Waals surface area contributed by atoms with Gasteiger partial charge in [0.05, 0.1) is 0 Å². The molecule has 2 atom stereocenters. The lowest BCUT2D eigenvalue weighted by molar-refractivity contribution is 0.139. The molecule has 0 amide bonds. The first-order chi connectivity index (χ1) is 11.0. The van der Waals surface area contributed by atoms with E-state index in [-0.39, 0.29) is 24.0 Å². The van der Waals surface area contributed by atoms with Crippen molar-refractivity contribution in [1.82, 2.24) is 20.4 Å². The fourth-order valence-corrected chi connectivity index (χ4v) is 3.01. The number of nitrogens with one attached hydrogen (secondary N) is 2. The molecule has 0 aliphatic carbocycles. The second-order valence-electron chi connectivity index (χ2n) is 7.20. The van der Waals surface area contributed by atoms with Gasteiger partial charge in [-0.15, -0.1) is 24.0 Å². The molecule has 0 spiro atoms. The molecule has 24 heavy (non-hydrogen) atoms. The quantitative estimate of drug-likeness (QED) is 0.244. The molecule has 1 aliphatic rings. The molecule has 1 rings (SSSR count). The van der Waals surface area contributed by atoms with E-state index in [0.29, 0.717) is 12.0 Å². The van der Waals surface area contributed by atoms with Crippen LogP contribution in [0.5, 0.6) is 0 Å². The van der Waals surface area contributed by atoms with E-state index in [9.17, 15) is 0 Å². The zero-order chi connectivity index (χ0) is 17.1. The van der Waals surface area contributed by atoms with E-state index in [1.807, 2.05) is 7.05 Å². The van der Waals surface area contributed by atoms with E-state index in [2.05, 4.69) is 53.2 Å². The van der Waals surface area contributed by atoms with Gasteiger partial charge in [-0.25, -0.2) is 0 Å². The molecule has 1 saturated heterocycles. The van der Waals surface area contributed by atoms with Gasteiger partial charge >= 0.3 is 0 Å². The summed E-state index contributed by atoms with van der Waals surface area (Å²) in [5.41, 5.74) is 0. The Kier molecular flexibility index (Phi) is 14.1. The third kappa shape index (κ3) is 10.7. The van der Waals surface area contributed by atoms with Crippen molar-refractivity contribution in [2.75, 3.05) is 53.4 Å². The average Bonchev–Trinajstić information content (AvgIpc) is 2.54. The molecule has 144 valence electrons. The molecule has 2 N–H and O–H groups in total. The topological polar surface area (TPSA) is 42.9 Å². The summed E-state index contributed by atoms with van der Waals surface area (Å²) in [6.07, 6.45) is 5.11. The van der Waals surface area contributed by atoms with E-state index < -0.39 is 0 Å². The fraction of sp³-hybridized carbons (Fsp3) is 0.944. The molecule has 0 aromatic heterocycles. The van der Waals surface area contributed by atoms with E-state index >= 15 is 0 Å². The first-order valence-electron chi connectivity index (χ1n) is 9.43. The number of piperazine rings is 1. The monoisotopic (exact) mass is 453 g/mol. The van der Waals surface area contributed by atoms with Gasteiger partial charge in [0.25, 0.3) is 0 Å². The molecular formula is C18H40IN5. The van der Waals surface area contributed by atoms with Gasteiger partial charge in [-0.05, 0) is 26.3 Å². The molecule has 1 aliphatic heterocycles. The highest BCUT2D eigenvalue weighted by molar-refractivity contribution is 14.0. The molecule has 0 aromatic rings. The van der Waals surface area contributed by atoms with Crippen LogP contribution < -0.4 is 10.6 Å². The summed E-state index contributed by atoms with van der Waals surface area (Å²) in [6, 6.07) is 0.487. The molecular weight excluding hydrogens is 413 g/mol. The van der Waals surface area contributed by atoms with Crippen LogP contribution in [0.1, 0.15) is 46.5 Å². The van der Waals surface area contributed by atoms with E-state index in [4.69, 9.17) is 0 Å². The maximum absolute atomic E-state index is 4.36. The Balaban J connectivity index is 0.00000529. The van der Waals surface area contributed by atoms with Crippen molar-refractivity contribution in [2.45, 2.75) is 52.5 Å². The van der Waals surface area contributed by atoms with Crippen LogP contribution in [-0.4, -0.2) is 75.2 Å². The largest absolute Gasteiger partial charge is 0.356 e. The Labute approximate surface area is 167 Å². The van der Waals surface area contributed by atoms with Crippen LogP contribution >= 0.6 is 24.0 Å². The van der Waals surface area contributed by atoms with Crippen molar-refractivity contribution in [2.24, 2.45) is 10.9 Å². The number of nitrogens with zero attached hydrogens (tertiary/aromatic N) is 3. The van der Waals surface area contributed by atoms with Crippen LogP contribution in [0.25, 0.3) is 0 Å². The van der Waals surface area contributed by atoms with Gasteiger partial charge in [0, 0.05) is 52.4 Å². The number of halogens is 1. The highest BCUT2D eigenvalue weighted by Gasteiger charge is 2.16. The second kappa shape index (κ2) is 14.1. The van der Waals surface area contributed by atoms with Crippen molar-refractivity contribution in [3.8, 4) is 0 Å². The summed E-state index contributed by atoms with van der Waals surface area (Å²) >= 11 is 0. The Bertz CT molecular complexity index is 329. The van der Waals surface area contributed by atoms with E-state index in [1.165, 1.54) is 58.4 Å². The Morgan fingerprint density at radius 2 is 1.79 bits per heavy atom. The van der Waals surface area contributed by atoms with Gasteiger partial charge in [-0.1, -0.05) is 33.1 Å². The molecule has 1 fully saturated rings. The molecule has 0 aromatic carbocycles. The molecule has 6 heteroatoms. The summed E-state index contributed by atoms with van der Waals surface area (Å²) in [7, 11) is 4.07.